The zero-order chi connectivity index (χ0) is 10.7. The van der Waals surface area contributed by atoms with Crippen LogP contribution in [0.25, 0.3) is 0 Å². The van der Waals surface area contributed by atoms with Gasteiger partial charge in [0, 0.05) is 6.07 Å². The summed E-state index contributed by atoms with van der Waals surface area (Å²) in [7, 11) is 2.95. The molecule has 6 heteroatoms. The molecule has 1 aromatic rings. The number of carbonyl (C=O) groups excluding carboxylic acids is 1. The molecular weight excluding hydrogens is 241 g/mol. The van der Waals surface area contributed by atoms with Gasteiger partial charge in [0.15, 0.2) is 0 Å². The molecule has 0 amide bonds. The van der Waals surface area contributed by atoms with Crippen LogP contribution in [0.5, 0.6) is 11.6 Å². The largest absolute Gasteiger partial charge is 0.496 e. The number of rotatable bonds is 3. The Hall–Kier alpha value is -1.000. The van der Waals surface area contributed by atoms with E-state index in [9.17, 15) is 4.79 Å². The Labute approximate surface area is 99.0 Å². The third kappa shape index (κ3) is 2.97. The molecule has 0 saturated heterocycles. The number of aromatic nitrogens is 1. The van der Waals surface area contributed by atoms with Crippen molar-refractivity contribution in [3.8, 4) is 11.6 Å². The van der Waals surface area contributed by atoms with Gasteiger partial charge < -0.3 is 9.47 Å². The van der Waals surface area contributed by atoms with E-state index in [-0.39, 0.29) is 18.0 Å². The first-order valence-electron chi connectivity index (χ1n) is 3.89. The molecule has 0 bridgehead atoms. The van der Waals surface area contributed by atoms with Crippen LogP contribution in [0.1, 0.15) is 16.1 Å². The number of ether oxygens (including phenoxy) is 2. The van der Waals surface area contributed by atoms with E-state index in [1.165, 1.54) is 20.3 Å². The summed E-state index contributed by atoms with van der Waals surface area (Å²) in [5, 5.41) is -0.588. The van der Waals surface area contributed by atoms with Gasteiger partial charge >= 0.3 is 0 Å². The van der Waals surface area contributed by atoms with Crippen LogP contribution in [0.15, 0.2) is 6.07 Å². The fourth-order valence-electron chi connectivity index (χ4n) is 1.12. The Bertz CT molecular complexity index is 369. The van der Waals surface area contributed by atoms with Gasteiger partial charge in [-0.2, -0.15) is 0 Å². The molecule has 1 rings (SSSR count). The third-order valence-corrected chi connectivity index (χ3v) is 1.96. The summed E-state index contributed by atoms with van der Waals surface area (Å²) in [6.07, 6.45) is 0. The highest BCUT2D eigenvalue weighted by Crippen LogP contribution is 2.26. The summed E-state index contributed by atoms with van der Waals surface area (Å²) in [5.41, 5.74) is 0.760. The second-order valence-corrected chi connectivity index (χ2v) is 2.94. The monoisotopic (exact) mass is 251 g/mol. The van der Waals surface area contributed by atoms with Gasteiger partial charge in [0.1, 0.15) is 5.75 Å². The second kappa shape index (κ2) is 5.78. The molecular formula is C9H11Cl2NO3. The number of halogens is 2. The smallest absolute Gasteiger partial charge is 0.257 e. The molecule has 0 N–H and O–H groups in total. The summed E-state index contributed by atoms with van der Waals surface area (Å²) in [6.45, 7) is 1.67. The maximum atomic E-state index is 11.1. The molecule has 15 heavy (non-hydrogen) atoms. The van der Waals surface area contributed by atoms with E-state index in [2.05, 4.69) is 4.98 Å². The number of carbonyl (C=O) groups is 1. The van der Waals surface area contributed by atoms with E-state index in [0.717, 1.165) is 0 Å². The van der Waals surface area contributed by atoms with Crippen LogP contribution in [-0.4, -0.2) is 24.4 Å². The molecule has 84 valence electrons. The molecule has 0 aliphatic carbocycles. The van der Waals surface area contributed by atoms with Crippen molar-refractivity contribution in [3.05, 3.63) is 17.3 Å². The number of aryl methyl sites for hydroxylation is 1. The minimum absolute atomic E-state index is 0. The average molecular weight is 252 g/mol. The second-order valence-electron chi connectivity index (χ2n) is 2.60. The van der Waals surface area contributed by atoms with E-state index in [1.54, 1.807) is 6.92 Å². The predicted molar refractivity (Wildman–Crippen MR) is 59.5 cm³/mol. The van der Waals surface area contributed by atoms with Gasteiger partial charge in [0.2, 0.25) is 5.88 Å². The quantitative estimate of drug-likeness (QED) is 0.774. The summed E-state index contributed by atoms with van der Waals surface area (Å²) < 4.78 is 9.93. The van der Waals surface area contributed by atoms with Crippen molar-refractivity contribution in [2.24, 2.45) is 0 Å². The first kappa shape index (κ1) is 14.0. The number of methoxy groups -OCH3 is 2. The zero-order valence-electron chi connectivity index (χ0n) is 8.54. The van der Waals surface area contributed by atoms with Gasteiger partial charge in [-0.15, -0.1) is 12.4 Å². The zero-order valence-corrected chi connectivity index (χ0v) is 10.1. The lowest BCUT2D eigenvalue weighted by molar-refractivity contribution is 0.107. The standard InChI is InChI=1S/C9H10ClNO3.ClH/c1-5-8(9(10)12)6(13-2)4-7(11-5)14-3;/h4H,1-3H3;1H. The maximum absolute atomic E-state index is 11.1. The van der Waals surface area contributed by atoms with Gasteiger partial charge in [-0.25, -0.2) is 4.98 Å². The normalized spacial score (nSPS) is 9.07. The third-order valence-electron chi connectivity index (χ3n) is 1.77. The van der Waals surface area contributed by atoms with Crippen molar-refractivity contribution in [1.82, 2.24) is 4.98 Å². The Kier molecular flexibility index (Phi) is 5.39. The fraction of sp³-hybridized carbons (Fsp3) is 0.333. The van der Waals surface area contributed by atoms with Crippen LogP contribution in [0.3, 0.4) is 0 Å². The van der Waals surface area contributed by atoms with Crippen LogP contribution in [0.4, 0.5) is 0 Å². The summed E-state index contributed by atoms with van der Waals surface area (Å²) >= 11 is 5.39. The van der Waals surface area contributed by atoms with E-state index < -0.39 is 5.24 Å². The molecule has 0 unspecified atom stereocenters. The summed E-state index contributed by atoms with van der Waals surface area (Å²) in [6, 6.07) is 1.52. The number of nitrogens with zero attached hydrogens (tertiary/aromatic N) is 1. The molecule has 0 fully saturated rings. The van der Waals surface area contributed by atoms with Crippen molar-refractivity contribution >= 4 is 29.3 Å². The minimum Gasteiger partial charge on any atom is -0.496 e. The SMILES string of the molecule is COc1cc(OC)c(C(=O)Cl)c(C)n1.Cl. The Balaban J connectivity index is 0.00000196. The Morgan fingerprint density at radius 3 is 2.40 bits per heavy atom. The first-order chi connectivity index (χ1) is 6.60. The van der Waals surface area contributed by atoms with Crippen molar-refractivity contribution in [1.29, 1.82) is 0 Å². The highest BCUT2D eigenvalue weighted by atomic mass is 35.5. The molecule has 0 aliphatic rings. The van der Waals surface area contributed by atoms with Crippen molar-refractivity contribution < 1.29 is 14.3 Å². The van der Waals surface area contributed by atoms with Crippen LogP contribution in [0, 0.1) is 6.92 Å². The van der Waals surface area contributed by atoms with Gasteiger partial charge in [-0.05, 0) is 18.5 Å². The molecule has 1 heterocycles. The van der Waals surface area contributed by atoms with E-state index in [0.29, 0.717) is 17.3 Å². The lowest BCUT2D eigenvalue weighted by Crippen LogP contribution is -2.02. The molecule has 0 saturated carbocycles. The maximum Gasteiger partial charge on any atom is 0.257 e. The molecule has 0 radical (unpaired) electrons. The van der Waals surface area contributed by atoms with Crippen LogP contribution < -0.4 is 9.47 Å². The first-order valence-corrected chi connectivity index (χ1v) is 4.27. The van der Waals surface area contributed by atoms with Crippen LogP contribution in [-0.2, 0) is 0 Å². The lowest BCUT2D eigenvalue weighted by atomic mass is 10.2. The topological polar surface area (TPSA) is 48.4 Å². The van der Waals surface area contributed by atoms with Gasteiger partial charge in [-0.1, -0.05) is 0 Å². The Morgan fingerprint density at radius 1 is 1.40 bits per heavy atom. The van der Waals surface area contributed by atoms with Gasteiger partial charge in [0.05, 0.1) is 25.5 Å². The number of pyridine rings is 1. The highest BCUT2D eigenvalue weighted by Gasteiger charge is 2.16. The van der Waals surface area contributed by atoms with Crippen molar-refractivity contribution in [3.63, 3.8) is 0 Å². The minimum atomic E-state index is -0.588. The molecule has 0 aliphatic heterocycles. The average Bonchev–Trinajstić information content (AvgIpc) is 2.15. The van der Waals surface area contributed by atoms with Crippen molar-refractivity contribution in [2.75, 3.05) is 14.2 Å². The lowest BCUT2D eigenvalue weighted by Gasteiger charge is -2.09. The van der Waals surface area contributed by atoms with E-state index in [4.69, 9.17) is 21.1 Å². The molecule has 1 aromatic heterocycles. The van der Waals surface area contributed by atoms with Gasteiger partial charge in [-0.3, -0.25) is 4.79 Å². The van der Waals surface area contributed by atoms with Crippen LogP contribution >= 0.6 is 24.0 Å². The fourth-order valence-corrected chi connectivity index (χ4v) is 1.35. The summed E-state index contributed by atoms with van der Waals surface area (Å²) in [4.78, 5) is 15.1. The molecule has 0 aromatic carbocycles. The molecule has 4 nitrogen and oxygen atoms in total. The predicted octanol–water partition coefficient (Wildman–Crippen LogP) is 2.21. The Morgan fingerprint density at radius 2 is 2.00 bits per heavy atom. The number of hydrogen-bond donors (Lipinski definition) is 0. The van der Waals surface area contributed by atoms with Crippen LogP contribution in [0.2, 0.25) is 0 Å². The van der Waals surface area contributed by atoms with E-state index in [1.807, 2.05) is 0 Å². The molecule has 0 spiro atoms. The number of hydrogen-bond acceptors (Lipinski definition) is 4. The summed E-state index contributed by atoms with van der Waals surface area (Å²) in [5.74, 6) is 0.760. The highest BCUT2D eigenvalue weighted by molar-refractivity contribution is 6.68. The van der Waals surface area contributed by atoms with Crippen molar-refractivity contribution in [2.45, 2.75) is 6.92 Å². The molecule has 0 atom stereocenters. The van der Waals surface area contributed by atoms with E-state index >= 15 is 0 Å². The van der Waals surface area contributed by atoms with Gasteiger partial charge in [0.25, 0.3) is 5.24 Å².